The van der Waals surface area contributed by atoms with Crippen molar-refractivity contribution in [1.82, 2.24) is 5.32 Å². The number of hydrogen-bond acceptors (Lipinski definition) is 2. The Labute approximate surface area is 139 Å². The highest BCUT2D eigenvalue weighted by molar-refractivity contribution is 5.80. The molecule has 0 spiro atoms. The van der Waals surface area contributed by atoms with E-state index in [9.17, 15) is 9.90 Å². The summed E-state index contributed by atoms with van der Waals surface area (Å²) in [5, 5.41) is 12.6. The van der Waals surface area contributed by atoms with E-state index >= 15 is 0 Å². The molecule has 3 nitrogen and oxygen atoms in total. The number of aliphatic hydroxyl groups excluding tert-OH is 1. The van der Waals surface area contributed by atoms with E-state index in [2.05, 4.69) is 19.2 Å². The highest BCUT2D eigenvalue weighted by atomic mass is 16.3. The summed E-state index contributed by atoms with van der Waals surface area (Å²) in [6.07, 6.45) is 1.42. The molecule has 0 aromatic heterocycles. The molecular formula is C20H27NO2. The minimum atomic E-state index is -0.959. The summed E-state index contributed by atoms with van der Waals surface area (Å²) in [6, 6.07) is 19.5. The maximum atomic E-state index is 11.8. The van der Waals surface area contributed by atoms with E-state index in [0.29, 0.717) is 19.4 Å². The summed E-state index contributed by atoms with van der Waals surface area (Å²) in [7, 11) is 0. The summed E-state index contributed by atoms with van der Waals surface area (Å²) < 4.78 is 0. The first-order valence-electron chi connectivity index (χ1n) is 8.21. The molecular weight excluding hydrogens is 286 g/mol. The lowest BCUT2D eigenvalue weighted by molar-refractivity contribution is -0.129. The molecule has 0 saturated carbocycles. The maximum absolute atomic E-state index is 11.8. The summed E-state index contributed by atoms with van der Waals surface area (Å²) >= 11 is 0. The van der Waals surface area contributed by atoms with E-state index in [1.165, 1.54) is 6.42 Å². The van der Waals surface area contributed by atoms with Crippen molar-refractivity contribution in [2.45, 2.75) is 45.8 Å². The average Bonchev–Trinajstić information content (AvgIpc) is 2.60. The fourth-order valence-corrected chi connectivity index (χ4v) is 1.98. The Bertz CT molecular complexity index is 540. The van der Waals surface area contributed by atoms with Crippen molar-refractivity contribution in [2.24, 2.45) is 0 Å². The highest BCUT2D eigenvalue weighted by Gasteiger charge is 2.14. The molecule has 1 unspecified atom stereocenters. The molecule has 1 atom stereocenters. The van der Waals surface area contributed by atoms with Gasteiger partial charge < -0.3 is 10.4 Å². The first-order chi connectivity index (χ1) is 11.2. The highest BCUT2D eigenvalue weighted by Crippen LogP contribution is 2.05. The van der Waals surface area contributed by atoms with Gasteiger partial charge in [-0.3, -0.25) is 4.79 Å². The Balaban J connectivity index is 0.000000816. The van der Waals surface area contributed by atoms with Crippen molar-refractivity contribution in [2.75, 3.05) is 0 Å². The summed E-state index contributed by atoms with van der Waals surface area (Å²) in [6.45, 7) is 4.70. The lowest BCUT2D eigenvalue weighted by Crippen LogP contribution is -2.34. The zero-order valence-electron chi connectivity index (χ0n) is 14.0. The molecule has 23 heavy (non-hydrogen) atoms. The second kappa shape index (κ2) is 11.4. The molecule has 0 fully saturated rings. The van der Waals surface area contributed by atoms with Crippen LogP contribution in [0.1, 0.15) is 37.8 Å². The average molecular weight is 313 g/mol. The van der Waals surface area contributed by atoms with Crippen molar-refractivity contribution in [3.05, 3.63) is 71.8 Å². The number of amides is 1. The minimum absolute atomic E-state index is 0.315. The number of benzene rings is 2. The van der Waals surface area contributed by atoms with Crippen LogP contribution in [0.25, 0.3) is 0 Å². The molecule has 2 aromatic rings. The Hall–Kier alpha value is -2.13. The van der Waals surface area contributed by atoms with Crippen LogP contribution in [0.3, 0.4) is 0 Å². The second-order valence-corrected chi connectivity index (χ2v) is 5.45. The van der Waals surface area contributed by atoms with Crippen molar-refractivity contribution in [1.29, 1.82) is 0 Å². The third-order valence-corrected chi connectivity index (χ3v) is 3.16. The zero-order chi connectivity index (χ0) is 16.9. The quantitative estimate of drug-likeness (QED) is 0.854. The number of carbonyl (C=O) groups excluding carboxylic acids is 1. The predicted octanol–water partition coefficient (Wildman–Crippen LogP) is 3.71. The second-order valence-electron chi connectivity index (χ2n) is 5.45. The van der Waals surface area contributed by atoms with Crippen molar-refractivity contribution in [3.8, 4) is 0 Å². The standard InChI is InChI=1S/C17H19NO2.C3H8/c19-16(12-11-14-7-3-1-4-8-14)17(20)18-13-15-9-5-2-6-10-15;1-3-2/h1-10,16,19H,11-13H2,(H,18,20);3H2,1-2H3. The van der Waals surface area contributed by atoms with E-state index in [0.717, 1.165) is 11.1 Å². The van der Waals surface area contributed by atoms with Crippen LogP contribution in [0.4, 0.5) is 0 Å². The van der Waals surface area contributed by atoms with Gasteiger partial charge in [0.15, 0.2) is 0 Å². The molecule has 1 amide bonds. The summed E-state index contributed by atoms with van der Waals surface area (Å²) in [5.74, 6) is -0.315. The van der Waals surface area contributed by atoms with Gasteiger partial charge in [0, 0.05) is 6.54 Å². The Morgan fingerprint density at radius 2 is 1.43 bits per heavy atom. The molecule has 124 valence electrons. The van der Waals surface area contributed by atoms with Crippen LogP contribution < -0.4 is 5.32 Å². The summed E-state index contributed by atoms with van der Waals surface area (Å²) in [5.41, 5.74) is 2.15. The molecule has 2 N–H and O–H groups in total. The molecule has 0 aliphatic carbocycles. The van der Waals surface area contributed by atoms with Gasteiger partial charge in [0.2, 0.25) is 5.91 Å². The molecule has 0 heterocycles. The SMILES string of the molecule is CCC.O=C(NCc1ccccc1)C(O)CCc1ccccc1. The molecule has 0 aliphatic heterocycles. The Morgan fingerprint density at radius 1 is 0.957 bits per heavy atom. The van der Waals surface area contributed by atoms with Crippen LogP contribution in [0, 0.1) is 0 Å². The fraction of sp³-hybridized carbons (Fsp3) is 0.350. The smallest absolute Gasteiger partial charge is 0.249 e. The van der Waals surface area contributed by atoms with Gasteiger partial charge in [-0.1, -0.05) is 80.9 Å². The number of hydrogen-bond donors (Lipinski definition) is 2. The minimum Gasteiger partial charge on any atom is -0.383 e. The van der Waals surface area contributed by atoms with Crippen LogP contribution in [0.2, 0.25) is 0 Å². The molecule has 0 radical (unpaired) electrons. The first kappa shape index (κ1) is 18.9. The van der Waals surface area contributed by atoms with Gasteiger partial charge in [0.25, 0.3) is 0 Å². The first-order valence-corrected chi connectivity index (χ1v) is 8.21. The van der Waals surface area contributed by atoms with Crippen molar-refractivity contribution in [3.63, 3.8) is 0 Å². The summed E-state index contributed by atoms with van der Waals surface area (Å²) in [4.78, 5) is 11.8. The number of aryl methyl sites for hydroxylation is 1. The maximum Gasteiger partial charge on any atom is 0.249 e. The largest absolute Gasteiger partial charge is 0.383 e. The van der Waals surface area contributed by atoms with Crippen LogP contribution in [-0.4, -0.2) is 17.1 Å². The van der Waals surface area contributed by atoms with Gasteiger partial charge >= 0.3 is 0 Å². The third-order valence-electron chi connectivity index (χ3n) is 3.16. The predicted molar refractivity (Wildman–Crippen MR) is 95.0 cm³/mol. The van der Waals surface area contributed by atoms with Gasteiger partial charge in [0.05, 0.1) is 0 Å². The lowest BCUT2D eigenvalue weighted by atomic mass is 10.1. The van der Waals surface area contributed by atoms with Gasteiger partial charge in [0.1, 0.15) is 6.10 Å². The molecule has 3 heteroatoms. The number of carbonyl (C=O) groups is 1. The number of aliphatic hydroxyl groups is 1. The van der Waals surface area contributed by atoms with Crippen LogP contribution in [-0.2, 0) is 17.8 Å². The van der Waals surface area contributed by atoms with Gasteiger partial charge in [-0.2, -0.15) is 0 Å². The van der Waals surface area contributed by atoms with E-state index < -0.39 is 6.10 Å². The van der Waals surface area contributed by atoms with Crippen LogP contribution >= 0.6 is 0 Å². The monoisotopic (exact) mass is 313 g/mol. The van der Waals surface area contributed by atoms with Crippen molar-refractivity contribution < 1.29 is 9.90 Å². The van der Waals surface area contributed by atoms with Crippen LogP contribution in [0.5, 0.6) is 0 Å². The van der Waals surface area contributed by atoms with Crippen LogP contribution in [0.15, 0.2) is 60.7 Å². The Morgan fingerprint density at radius 3 is 1.96 bits per heavy atom. The van der Waals surface area contributed by atoms with Crippen molar-refractivity contribution >= 4 is 5.91 Å². The van der Waals surface area contributed by atoms with E-state index in [1.807, 2.05) is 60.7 Å². The van der Waals surface area contributed by atoms with E-state index in [-0.39, 0.29) is 5.91 Å². The zero-order valence-corrected chi connectivity index (χ0v) is 14.0. The lowest BCUT2D eigenvalue weighted by Gasteiger charge is -2.11. The topological polar surface area (TPSA) is 49.3 Å². The number of nitrogens with one attached hydrogen (secondary N) is 1. The normalized spacial score (nSPS) is 11.1. The fourth-order valence-electron chi connectivity index (χ4n) is 1.98. The number of rotatable bonds is 6. The van der Waals surface area contributed by atoms with Gasteiger partial charge in [-0.15, -0.1) is 0 Å². The molecule has 0 saturated heterocycles. The van der Waals surface area contributed by atoms with Gasteiger partial charge in [-0.05, 0) is 24.0 Å². The van der Waals surface area contributed by atoms with E-state index in [4.69, 9.17) is 0 Å². The van der Waals surface area contributed by atoms with E-state index in [1.54, 1.807) is 0 Å². The Kier molecular flexibility index (Phi) is 9.41. The van der Waals surface area contributed by atoms with Gasteiger partial charge in [-0.25, -0.2) is 0 Å². The third kappa shape index (κ3) is 8.17. The molecule has 0 aliphatic rings. The molecule has 0 bridgehead atoms. The molecule has 2 aromatic carbocycles. The molecule has 2 rings (SSSR count).